The number of rotatable bonds is 6. The van der Waals surface area contributed by atoms with Crippen LogP contribution in [0.2, 0.25) is 0 Å². The van der Waals surface area contributed by atoms with Crippen molar-refractivity contribution < 1.29 is 23.1 Å². The van der Waals surface area contributed by atoms with Crippen LogP contribution in [0.3, 0.4) is 0 Å². The highest BCUT2D eigenvalue weighted by atomic mass is 32.2. The lowest BCUT2D eigenvalue weighted by Crippen LogP contribution is -2.48. The first-order valence-electron chi connectivity index (χ1n) is 12.0. The molecule has 3 aromatic rings. The molecule has 0 radical (unpaired) electrons. The van der Waals surface area contributed by atoms with E-state index >= 15 is 0 Å². The van der Waals surface area contributed by atoms with E-state index in [-0.39, 0.29) is 10.5 Å². The van der Waals surface area contributed by atoms with Crippen molar-refractivity contribution in [1.29, 1.82) is 0 Å². The molecule has 5 rings (SSSR count). The molecule has 0 bridgehead atoms. The van der Waals surface area contributed by atoms with E-state index in [4.69, 9.17) is 4.74 Å². The van der Waals surface area contributed by atoms with Gasteiger partial charge in [0.2, 0.25) is 0 Å². The van der Waals surface area contributed by atoms with Gasteiger partial charge < -0.3 is 14.7 Å². The van der Waals surface area contributed by atoms with Crippen LogP contribution in [0.5, 0.6) is 5.75 Å². The number of nitrogens with zero attached hydrogens (tertiary/aromatic N) is 2. The molecular formula is C27H28N2O6S. The minimum Gasteiger partial charge on any atom is -0.482 e. The fourth-order valence-electron chi connectivity index (χ4n) is 4.96. The fourth-order valence-corrected chi connectivity index (χ4v) is 5.60. The van der Waals surface area contributed by atoms with Crippen molar-refractivity contribution in [2.75, 3.05) is 19.3 Å². The minimum atomic E-state index is -3.33. The summed E-state index contributed by atoms with van der Waals surface area (Å²) in [6.45, 7) is 0.691. The van der Waals surface area contributed by atoms with E-state index in [1.165, 1.54) is 33.2 Å². The molecule has 0 atom stereocenters. The number of amides is 1. The number of hydrogen-bond donors (Lipinski definition) is 1. The van der Waals surface area contributed by atoms with E-state index in [2.05, 4.69) is 12.1 Å². The third-order valence-corrected chi connectivity index (χ3v) is 8.19. The summed E-state index contributed by atoms with van der Waals surface area (Å²) in [5.41, 5.74) is 1.80. The molecule has 1 saturated carbocycles. The SMILES string of the molecule is CS(=O)(=O)c1ccc(-n2ccc(OC3(c4ccccc4C4CC4)CCN(C(=O)O)CC3)cc2=O)cc1. The number of piperidine rings is 1. The van der Waals surface area contributed by atoms with Crippen LogP contribution in [0, 0.1) is 0 Å². The Hall–Kier alpha value is -3.59. The van der Waals surface area contributed by atoms with Crippen molar-refractivity contribution in [3.63, 3.8) is 0 Å². The van der Waals surface area contributed by atoms with E-state index in [1.807, 2.05) is 12.1 Å². The molecule has 2 fully saturated rings. The highest BCUT2D eigenvalue weighted by Gasteiger charge is 2.43. The van der Waals surface area contributed by atoms with Crippen molar-refractivity contribution >= 4 is 15.9 Å². The summed E-state index contributed by atoms with van der Waals surface area (Å²) in [6.07, 6.45) is 5.03. The first kappa shape index (κ1) is 24.1. The smallest absolute Gasteiger partial charge is 0.407 e. The van der Waals surface area contributed by atoms with Gasteiger partial charge in [-0.05, 0) is 60.2 Å². The Morgan fingerprint density at radius 2 is 1.69 bits per heavy atom. The number of sulfone groups is 1. The van der Waals surface area contributed by atoms with Crippen LogP contribution < -0.4 is 10.3 Å². The van der Waals surface area contributed by atoms with Gasteiger partial charge in [0.25, 0.3) is 5.56 Å². The van der Waals surface area contributed by atoms with Crippen LogP contribution in [-0.2, 0) is 15.4 Å². The molecule has 2 aromatic carbocycles. The molecular weight excluding hydrogens is 480 g/mol. The molecule has 0 spiro atoms. The minimum absolute atomic E-state index is 0.184. The van der Waals surface area contributed by atoms with E-state index in [1.54, 1.807) is 24.4 Å². The van der Waals surface area contributed by atoms with Crippen LogP contribution >= 0.6 is 0 Å². The second kappa shape index (κ2) is 9.13. The molecule has 1 aliphatic heterocycles. The molecule has 1 saturated heterocycles. The maximum Gasteiger partial charge on any atom is 0.407 e. The van der Waals surface area contributed by atoms with Crippen molar-refractivity contribution in [1.82, 2.24) is 9.47 Å². The zero-order chi connectivity index (χ0) is 25.5. The Morgan fingerprint density at radius 1 is 1.03 bits per heavy atom. The number of benzene rings is 2. The summed E-state index contributed by atoms with van der Waals surface area (Å²) in [6, 6.07) is 17.5. The Kier molecular flexibility index (Phi) is 6.12. The van der Waals surface area contributed by atoms with Crippen molar-refractivity contribution in [3.05, 3.63) is 88.3 Å². The van der Waals surface area contributed by atoms with Gasteiger partial charge in [0.1, 0.15) is 11.4 Å². The normalized spacial score (nSPS) is 17.5. The maximum atomic E-state index is 13.0. The molecule has 1 amide bonds. The van der Waals surface area contributed by atoms with Gasteiger partial charge in [0, 0.05) is 50.1 Å². The Bertz CT molecular complexity index is 1450. The predicted octanol–water partition coefficient (Wildman–Crippen LogP) is 4.17. The molecule has 9 heteroatoms. The van der Waals surface area contributed by atoms with Gasteiger partial charge >= 0.3 is 6.09 Å². The number of hydrogen-bond acceptors (Lipinski definition) is 5. The Balaban J connectivity index is 1.47. The zero-order valence-electron chi connectivity index (χ0n) is 20.0. The van der Waals surface area contributed by atoms with Crippen LogP contribution in [0.4, 0.5) is 4.79 Å². The van der Waals surface area contributed by atoms with Crippen LogP contribution in [0.15, 0.2) is 76.6 Å². The molecule has 1 N–H and O–H groups in total. The first-order chi connectivity index (χ1) is 17.2. The molecule has 188 valence electrons. The highest BCUT2D eigenvalue weighted by Crippen LogP contribution is 2.47. The van der Waals surface area contributed by atoms with E-state index in [9.17, 15) is 23.1 Å². The Morgan fingerprint density at radius 3 is 2.28 bits per heavy atom. The maximum absolute atomic E-state index is 13.0. The van der Waals surface area contributed by atoms with Gasteiger partial charge in [-0.1, -0.05) is 24.3 Å². The third kappa shape index (κ3) is 4.75. The molecule has 1 aliphatic carbocycles. The lowest BCUT2D eigenvalue weighted by molar-refractivity contribution is 0.000352. The average Bonchev–Trinajstić information content (AvgIpc) is 3.70. The second-order valence-electron chi connectivity index (χ2n) is 9.56. The number of carboxylic acid groups (broad SMARTS) is 1. The number of aromatic nitrogens is 1. The fraction of sp³-hybridized carbons (Fsp3) is 0.333. The van der Waals surface area contributed by atoms with Gasteiger partial charge in [-0.25, -0.2) is 13.2 Å². The molecule has 2 aliphatic rings. The number of likely N-dealkylation sites (tertiary alicyclic amines) is 1. The topological polar surface area (TPSA) is 106 Å². The lowest BCUT2D eigenvalue weighted by Gasteiger charge is -2.42. The van der Waals surface area contributed by atoms with Crippen LogP contribution in [-0.4, -0.2) is 48.4 Å². The predicted molar refractivity (Wildman–Crippen MR) is 135 cm³/mol. The molecule has 8 nitrogen and oxygen atoms in total. The zero-order valence-corrected chi connectivity index (χ0v) is 20.8. The third-order valence-electron chi connectivity index (χ3n) is 7.06. The average molecular weight is 509 g/mol. The van der Waals surface area contributed by atoms with Crippen molar-refractivity contribution in [2.24, 2.45) is 0 Å². The van der Waals surface area contributed by atoms with Crippen molar-refractivity contribution in [3.8, 4) is 11.4 Å². The van der Waals surface area contributed by atoms with E-state index in [0.717, 1.165) is 24.7 Å². The summed E-state index contributed by atoms with van der Waals surface area (Å²) in [5, 5.41) is 9.47. The largest absolute Gasteiger partial charge is 0.482 e. The van der Waals surface area contributed by atoms with Gasteiger partial charge in [-0.15, -0.1) is 0 Å². The lowest BCUT2D eigenvalue weighted by atomic mass is 9.80. The summed E-state index contributed by atoms with van der Waals surface area (Å²) < 4.78 is 31.5. The number of carbonyl (C=O) groups is 1. The Labute approximate surface area is 209 Å². The van der Waals surface area contributed by atoms with Gasteiger partial charge in [-0.3, -0.25) is 9.36 Å². The number of pyridine rings is 1. The summed E-state index contributed by atoms with van der Waals surface area (Å²) >= 11 is 0. The summed E-state index contributed by atoms with van der Waals surface area (Å²) in [7, 11) is -3.33. The van der Waals surface area contributed by atoms with Crippen molar-refractivity contribution in [2.45, 2.75) is 42.1 Å². The molecule has 36 heavy (non-hydrogen) atoms. The van der Waals surface area contributed by atoms with Gasteiger partial charge in [-0.2, -0.15) is 0 Å². The summed E-state index contributed by atoms with van der Waals surface area (Å²) in [4.78, 5) is 26.1. The van der Waals surface area contributed by atoms with E-state index in [0.29, 0.717) is 43.3 Å². The first-order valence-corrected chi connectivity index (χ1v) is 13.8. The monoisotopic (exact) mass is 508 g/mol. The standard InChI is InChI=1S/C27H28N2O6S/c1-36(33,34)22-10-8-20(9-11-22)29-15-12-21(18-25(29)30)35-27(13-16-28(17-14-27)26(31)32)24-5-3-2-4-23(24)19-6-7-19/h2-5,8-12,15,18-19H,6-7,13-14,16-17H2,1H3,(H,31,32). The van der Waals surface area contributed by atoms with E-state index < -0.39 is 21.5 Å². The summed E-state index contributed by atoms with van der Waals surface area (Å²) in [5.74, 6) is 0.903. The second-order valence-corrected chi connectivity index (χ2v) is 11.6. The van der Waals surface area contributed by atoms with Crippen LogP contribution in [0.25, 0.3) is 5.69 Å². The van der Waals surface area contributed by atoms with Gasteiger partial charge in [0.05, 0.1) is 4.90 Å². The highest BCUT2D eigenvalue weighted by molar-refractivity contribution is 7.90. The molecule has 1 aromatic heterocycles. The number of ether oxygens (including phenoxy) is 1. The van der Waals surface area contributed by atoms with Gasteiger partial charge in [0.15, 0.2) is 9.84 Å². The quantitative estimate of drug-likeness (QED) is 0.536. The molecule has 0 unspecified atom stereocenters. The molecule has 2 heterocycles. The van der Waals surface area contributed by atoms with Crippen LogP contribution in [0.1, 0.15) is 42.7 Å².